The molecule has 0 aliphatic carbocycles. The topological polar surface area (TPSA) is 98.5 Å². The second-order valence-corrected chi connectivity index (χ2v) is 4.73. The summed E-state index contributed by atoms with van der Waals surface area (Å²) in [5.74, 6) is 0. The van der Waals surface area contributed by atoms with E-state index in [1.165, 1.54) is 6.61 Å². The van der Waals surface area contributed by atoms with Gasteiger partial charge in [-0.05, 0) is 18.0 Å². The van der Waals surface area contributed by atoms with Crippen LogP contribution in [0, 0.1) is 6.61 Å². The molecule has 1 aromatic carbocycles. The molecule has 1 fully saturated rings. The maximum absolute atomic E-state index is 10.7. The molecule has 6 nitrogen and oxygen atoms in total. The molecule has 0 bridgehead atoms. The van der Waals surface area contributed by atoms with Gasteiger partial charge in [0.1, 0.15) is 18.3 Å². The highest BCUT2D eigenvalue weighted by molar-refractivity contribution is 5.21. The standard InChI is InChI=1S/C13H16N3O3/c1-9-12(15-16-14)13(18,11(17)8-19-9)7-10-5-3-2-4-6-10/h2-6,8-9,11-12,17-18H,7H2,1H3/t9-,11-,12-,13-/m1/s1. The maximum atomic E-state index is 10.7. The number of benzene rings is 1. The van der Waals surface area contributed by atoms with Crippen LogP contribution in [0.15, 0.2) is 35.4 Å². The van der Waals surface area contributed by atoms with E-state index in [-0.39, 0.29) is 6.42 Å². The van der Waals surface area contributed by atoms with Crippen molar-refractivity contribution in [2.24, 2.45) is 5.11 Å². The summed E-state index contributed by atoms with van der Waals surface area (Å²) in [4.78, 5) is 2.74. The molecule has 2 N–H and O–H groups in total. The smallest absolute Gasteiger partial charge is 0.115 e. The monoisotopic (exact) mass is 262 g/mol. The number of hydrogen-bond donors (Lipinski definition) is 2. The minimum Gasteiger partial charge on any atom is -0.387 e. The Balaban J connectivity index is 2.32. The first-order valence-electron chi connectivity index (χ1n) is 6.05. The number of rotatable bonds is 3. The third kappa shape index (κ3) is 2.72. The Morgan fingerprint density at radius 1 is 1.42 bits per heavy atom. The minimum atomic E-state index is -1.56. The lowest BCUT2D eigenvalue weighted by Gasteiger charge is -2.44. The predicted molar refractivity (Wildman–Crippen MR) is 68.9 cm³/mol. The zero-order chi connectivity index (χ0) is 13.9. The quantitative estimate of drug-likeness (QED) is 0.491. The molecule has 6 heteroatoms. The summed E-state index contributed by atoms with van der Waals surface area (Å²) in [6, 6.07) is 8.40. The number of nitrogens with zero attached hydrogens (tertiary/aromatic N) is 3. The first-order chi connectivity index (χ1) is 9.08. The van der Waals surface area contributed by atoms with Gasteiger partial charge >= 0.3 is 0 Å². The highest BCUT2D eigenvalue weighted by Crippen LogP contribution is 2.33. The van der Waals surface area contributed by atoms with E-state index in [0.29, 0.717) is 0 Å². The Morgan fingerprint density at radius 2 is 2.11 bits per heavy atom. The summed E-state index contributed by atoms with van der Waals surface area (Å²) < 4.78 is 5.19. The minimum absolute atomic E-state index is 0.183. The van der Waals surface area contributed by atoms with E-state index >= 15 is 0 Å². The number of azide groups is 1. The summed E-state index contributed by atoms with van der Waals surface area (Å²) >= 11 is 0. The molecule has 1 aliphatic rings. The Kier molecular flexibility index (Phi) is 4.07. The Hall–Kier alpha value is -1.59. The average Bonchev–Trinajstić information content (AvgIpc) is 2.41. The number of ether oxygens (including phenoxy) is 1. The Labute approximate surface area is 111 Å². The SMILES string of the molecule is C[C@H]1O[CH][C@@H](O)[C@](O)(Cc2ccccc2)[C@@H]1N=[N+]=[N-]. The van der Waals surface area contributed by atoms with Crippen LogP contribution in [0.2, 0.25) is 0 Å². The lowest BCUT2D eigenvalue weighted by molar-refractivity contribution is -0.159. The molecule has 19 heavy (non-hydrogen) atoms. The van der Waals surface area contributed by atoms with Crippen LogP contribution >= 0.6 is 0 Å². The number of aliphatic hydroxyl groups excluding tert-OH is 1. The van der Waals surface area contributed by atoms with Crippen molar-refractivity contribution in [1.29, 1.82) is 0 Å². The predicted octanol–water partition coefficient (Wildman–Crippen LogP) is 1.58. The molecule has 4 atom stereocenters. The fraction of sp³-hybridized carbons (Fsp3) is 0.462. The van der Waals surface area contributed by atoms with E-state index in [9.17, 15) is 10.2 Å². The molecule has 0 saturated carbocycles. The fourth-order valence-electron chi connectivity index (χ4n) is 2.35. The lowest BCUT2D eigenvalue weighted by atomic mass is 9.79. The largest absolute Gasteiger partial charge is 0.387 e. The molecule has 2 rings (SSSR count). The normalized spacial score (nSPS) is 34.6. The van der Waals surface area contributed by atoms with E-state index in [2.05, 4.69) is 10.0 Å². The van der Waals surface area contributed by atoms with Crippen LogP contribution in [0.3, 0.4) is 0 Å². The molecule has 1 radical (unpaired) electrons. The van der Waals surface area contributed by atoms with Crippen molar-refractivity contribution in [2.75, 3.05) is 0 Å². The third-order valence-corrected chi connectivity index (χ3v) is 3.40. The van der Waals surface area contributed by atoms with Gasteiger partial charge in [-0.1, -0.05) is 35.4 Å². The highest BCUT2D eigenvalue weighted by atomic mass is 16.5. The van der Waals surface area contributed by atoms with Gasteiger partial charge in [0.15, 0.2) is 0 Å². The van der Waals surface area contributed by atoms with E-state index in [1.807, 2.05) is 30.3 Å². The Morgan fingerprint density at radius 3 is 2.74 bits per heavy atom. The molecule has 1 aromatic rings. The van der Waals surface area contributed by atoms with Gasteiger partial charge in [0.25, 0.3) is 0 Å². The van der Waals surface area contributed by atoms with E-state index in [0.717, 1.165) is 5.56 Å². The first kappa shape index (κ1) is 13.8. The van der Waals surface area contributed by atoms with E-state index in [1.54, 1.807) is 6.92 Å². The van der Waals surface area contributed by atoms with Gasteiger partial charge in [0, 0.05) is 11.3 Å². The van der Waals surface area contributed by atoms with Crippen LogP contribution in [-0.2, 0) is 11.2 Å². The summed E-state index contributed by atoms with van der Waals surface area (Å²) in [7, 11) is 0. The summed E-state index contributed by atoms with van der Waals surface area (Å²) in [6.45, 7) is 2.88. The zero-order valence-corrected chi connectivity index (χ0v) is 10.5. The van der Waals surface area contributed by atoms with Crippen LogP contribution in [0.25, 0.3) is 10.4 Å². The van der Waals surface area contributed by atoms with Gasteiger partial charge in [-0.3, -0.25) is 0 Å². The van der Waals surface area contributed by atoms with E-state index in [4.69, 9.17) is 10.3 Å². The maximum Gasteiger partial charge on any atom is 0.115 e. The number of hydrogen-bond acceptors (Lipinski definition) is 4. The molecule has 0 amide bonds. The fourth-order valence-corrected chi connectivity index (χ4v) is 2.35. The molecule has 1 aliphatic heterocycles. The molecular formula is C13H16N3O3. The van der Waals surface area contributed by atoms with Gasteiger partial charge in [-0.2, -0.15) is 0 Å². The lowest BCUT2D eigenvalue weighted by Crippen LogP contribution is -2.61. The second-order valence-electron chi connectivity index (χ2n) is 4.73. The van der Waals surface area contributed by atoms with Crippen molar-refractivity contribution in [2.45, 2.75) is 37.2 Å². The zero-order valence-electron chi connectivity index (χ0n) is 10.5. The average molecular weight is 262 g/mol. The van der Waals surface area contributed by atoms with Crippen molar-refractivity contribution in [3.05, 3.63) is 52.9 Å². The van der Waals surface area contributed by atoms with Crippen LogP contribution in [0.5, 0.6) is 0 Å². The summed E-state index contributed by atoms with van der Waals surface area (Å²) in [5.41, 5.74) is 7.91. The van der Waals surface area contributed by atoms with Gasteiger partial charge < -0.3 is 14.9 Å². The molecule has 1 heterocycles. The van der Waals surface area contributed by atoms with Crippen molar-refractivity contribution in [3.63, 3.8) is 0 Å². The van der Waals surface area contributed by atoms with Crippen molar-refractivity contribution in [1.82, 2.24) is 0 Å². The van der Waals surface area contributed by atoms with Crippen LogP contribution in [0.4, 0.5) is 0 Å². The van der Waals surface area contributed by atoms with Crippen LogP contribution < -0.4 is 0 Å². The molecule has 1 saturated heterocycles. The first-order valence-corrected chi connectivity index (χ1v) is 6.05. The van der Waals surface area contributed by atoms with Gasteiger partial charge in [-0.15, -0.1) is 0 Å². The second kappa shape index (κ2) is 5.59. The van der Waals surface area contributed by atoms with E-state index < -0.39 is 23.9 Å². The Bertz CT molecular complexity index is 475. The molecular weight excluding hydrogens is 246 g/mol. The van der Waals surface area contributed by atoms with Crippen molar-refractivity contribution >= 4 is 0 Å². The summed E-state index contributed by atoms with van der Waals surface area (Å²) in [6.07, 6.45) is -1.52. The third-order valence-electron chi connectivity index (χ3n) is 3.40. The number of aliphatic hydroxyl groups is 2. The van der Waals surface area contributed by atoms with Gasteiger partial charge in [0.2, 0.25) is 0 Å². The van der Waals surface area contributed by atoms with Crippen molar-refractivity contribution in [3.8, 4) is 0 Å². The van der Waals surface area contributed by atoms with Crippen LogP contribution in [-0.4, -0.2) is 34.1 Å². The molecule has 0 spiro atoms. The molecule has 0 aromatic heterocycles. The molecule has 0 unspecified atom stereocenters. The highest BCUT2D eigenvalue weighted by Gasteiger charge is 2.49. The molecule has 101 valence electrons. The van der Waals surface area contributed by atoms with Crippen molar-refractivity contribution < 1.29 is 14.9 Å². The van der Waals surface area contributed by atoms with Gasteiger partial charge in [0.05, 0.1) is 12.1 Å². The summed E-state index contributed by atoms with van der Waals surface area (Å²) in [5, 5.41) is 24.3. The van der Waals surface area contributed by atoms with Gasteiger partial charge in [-0.25, -0.2) is 0 Å². The van der Waals surface area contributed by atoms with Crippen LogP contribution in [0.1, 0.15) is 12.5 Å².